The van der Waals surface area contributed by atoms with E-state index in [2.05, 4.69) is 15.9 Å². The van der Waals surface area contributed by atoms with Crippen molar-refractivity contribution in [2.45, 2.75) is 23.1 Å². The fourth-order valence-electron chi connectivity index (χ4n) is 2.01. The number of aryl methyl sites for hydroxylation is 1. The Balaban J connectivity index is 2.06. The van der Waals surface area contributed by atoms with Gasteiger partial charge in [0.15, 0.2) is 9.84 Å². The molecule has 20 heavy (non-hydrogen) atoms. The third-order valence-electron chi connectivity index (χ3n) is 3.08. The Morgan fingerprint density at radius 1 is 1.00 bits per heavy atom. The van der Waals surface area contributed by atoms with Gasteiger partial charge in [-0.1, -0.05) is 64.0 Å². The van der Waals surface area contributed by atoms with Crippen molar-refractivity contribution < 1.29 is 8.42 Å². The number of hydrogen-bond acceptors (Lipinski definition) is 2. The molecule has 106 valence electrons. The Morgan fingerprint density at radius 2 is 1.60 bits per heavy atom. The van der Waals surface area contributed by atoms with E-state index in [4.69, 9.17) is 0 Å². The third-order valence-corrected chi connectivity index (χ3v) is 5.99. The van der Waals surface area contributed by atoms with Gasteiger partial charge in [-0.25, -0.2) is 8.42 Å². The number of rotatable bonds is 5. The van der Waals surface area contributed by atoms with E-state index in [1.807, 2.05) is 49.4 Å². The normalized spacial score (nSPS) is 13.1. The van der Waals surface area contributed by atoms with E-state index < -0.39 is 9.84 Å². The molecule has 0 saturated heterocycles. The standard InChI is InChI=1S/C16H17BrO2S/c1-13-7-9-16(10-8-13)20(18,19)12-15(17)11-14-5-3-2-4-6-14/h2-10,15H,11-12H2,1H3. The molecular formula is C16H17BrO2S. The summed E-state index contributed by atoms with van der Waals surface area (Å²) in [6.45, 7) is 1.94. The minimum absolute atomic E-state index is 0.0868. The summed E-state index contributed by atoms with van der Waals surface area (Å²) in [7, 11) is -3.24. The summed E-state index contributed by atoms with van der Waals surface area (Å²) in [5.74, 6) is 0.102. The van der Waals surface area contributed by atoms with Crippen LogP contribution in [0.2, 0.25) is 0 Å². The van der Waals surface area contributed by atoms with Crippen molar-refractivity contribution in [3.63, 3.8) is 0 Å². The number of halogens is 1. The molecule has 0 saturated carbocycles. The summed E-state index contributed by atoms with van der Waals surface area (Å²) >= 11 is 3.48. The molecule has 1 atom stereocenters. The summed E-state index contributed by atoms with van der Waals surface area (Å²) in [5.41, 5.74) is 2.19. The summed E-state index contributed by atoms with van der Waals surface area (Å²) in [6.07, 6.45) is 0.700. The molecule has 1 unspecified atom stereocenters. The van der Waals surface area contributed by atoms with Gasteiger partial charge in [-0.2, -0.15) is 0 Å². The number of sulfone groups is 1. The van der Waals surface area contributed by atoms with Gasteiger partial charge >= 0.3 is 0 Å². The lowest BCUT2D eigenvalue weighted by Gasteiger charge is -2.11. The van der Waals surface area contributed by atoms with Crippen LogP contribution in [0.15, 0.2) is 59.5 Å². The predicted molar refractivity (Wildman–Crippen MR) is 86.1 cm³/mol. The van der Waals surface area contributed by atoms with Crippen molar-refractivity contribution in [1.29, 1.82) is 0 Å². The molecule has 0 aromatic heterocycles. The van der Waals surface area contributed by atoms with E-state index in [-0.39, 0.29) is 10.6 Å². The average molecular weight is 353 g/mol. The van der Waals surface area contributed by atoms with Crippen LogP contribution in [-0.4, -0.2) is 19.0 Å². The molecule has 4 heteroatoms. The molecule has 0 spiro atoms. The maximum absolute atomic E-state index is 12.3. The van der Waals surface area contributed by atoms with Gasteiger partial charge in [0.05, 0.1) is 10.6 Å². The molecule has 0 amide bonds. The van der Waals surface area contributed by atoms with E-state index in [0.29, 0.717) is 11.3 Å². The molecule has 0 fully saturated rings. The first-order chi connectivity index (χ1) is 9.47. The van der Waals surface area contributed by atoms with Crippen LogP contribution < -0.4 is 0 Å². The number of alkyl halides is 1. The lowest BCUT2D eigenvalue weighted by atomic mass is 10.1. The lowest BCUT2D eigenvalue weighted by Crippen LogP contribution is -2.18. The highest BCUT2D eigenvalue weighted by molar-refractivity contribution is 9.09. The summed E-state index contributed by atoms with van der Waals surface area (Å²) < 4.78 is 24.6. The van der Waals surface area contributed by atoms with Crippen LogP contribution in [0.3, 0.4) is 0 Å². The van der Waals surface area contributed by atoms with Gasteiger partial charge in [0, 0.05) is 4.83 Å². The zero-order valence-electron chi connectivity index (χ0n) is 11.3. The van der Waals surface area contributed by atoms with Gasteiger partial charge in [0.1, 0.15) is 0 Å². The Kier molecular flexibility index (Phi) is 5.00. The van der Waals surface area contributed by atoms with Crippen molar-refractivity contribution in [1.82, 2.24) is 0 Å². The van der Waals surface area contributed by atoms with Crippen LogP contribution >= 0.6 is 15.9 Å². The first-order valence-corrected chi connectivity index (χ1v) is 9.01. The van der Waals surface area contributed by atoms with Crippen LogP contribution in [0.5, 0.6) is 0 Å². The van der Waals surface area contributed by atoms with E-state index in [1.54, 1.807) is 12.1 Å². The second kappa shape index (κ2) is 6.55. The third kappa shape index (κ3) is 4.18. The topological polar surface area (TPSA) is 34.1 Å². The molecule has 0 aliphatic rings. The monoisotopic (exact) mass is 352 g/mol. The average Bonchev–Trinajstić information content (AvgIpc) is 2.39. The highest BCUT2D eigenvalue weighted by Crippen LogP contribution is 2.18. The molecule has 0 aliphatic heterocycles. The van der Waals surface area contributed by atoms with Gasteiger partial charge in [0.2, 0.25) is 0 Å². The van der Waals surface area contributed by atoms with Gasteiger partial charge in [-0.05, 0) is 31.0 Å². The maximum Gasteiger partial charge on any atom is 0.179 e. The highest BCUT2D eigenvalue weighted by atomic mass is 79.9. The molecule has 2 nitrogen and oxygen atoms in total. The second-order valence-corrected chi connectivity index (χ2v) is 8.21. The molecule has 0 bridgehead atoms. The van der Waals surface area contributed by atoms with Gasteiger partial charge in [0.25, 0.3) is 0 Å². The lowest BCUT2D eigenvalue weighted by molar-refractivity contribution is 0.594. The second-order valence-electron chi connectivity index (χ2n) is 4.88. The summed E-state index contributed by atoms with van der Waals surface area (Å²) in [5, 5.41) is 0. The first kappa shape index (κ1) is 15.3. The Bertz CT molecular complexity index is 649. The zero-order chi connectivity index (χ0) is 14.6. The Morgan fingerprint density at radius 3 is 2.20 bits per heavy atom. The minimum atomic E-state index is -3.24. The molecule has 0 aliphatic carbocycles. The SMILES string of the molecule is Cc1ccc(S(=O)(=O)CC(Br)Cc2ccccc2)cc1. The van der Waals surface area contributed by atoms with Gasteiger partial charge in [-0.15, -0.1) is 0 Å². The molecule has 0 heterocycles. The fourth-order valence-corrected chi connectivity index (χ4v) is 4.76. The largest absolute Gasteiger partial charge is 0.224 e. The smallest absolute Gasteiger partial charge is 0.179 e. The van der Waals surface area contributed by atoms with Crippen molar-refractivity contribution in [2.24, 2.45) is 0 Å². The number of hydrogen-bond donors (Lipinski definition) is 0. The van der Waals surface area contributed by atoms with Crippen molar-refractivity contribution in [3.05, 3.63) is 65.7 Å². The molecule has 2 aromatic carbocycles. The summed E-state index contributed by atoms with van der Waals surface area (Å²) in [6, 6.07) is 16.9. The molecule has 0 N–H and O–H groups in total. The van der Waals surface area contributed by atoms with Gasteiger partial charge in [-0.3, -0.25) is 0 Å². The van der Waals surface area contributed by atoms with Crippen LogP contribution in [-0.2, 0) is 16.3 Å². The highest BCUT2D eigenvalue weighted by Gasteiger charge is 2.19. The predicted octanol–water partition coefficient (Wildman–Crippen LogP) is 3.77. The maximum atomic E-state index is 12.3. The van der Waals surface area contributed by atoms with Gasteiger partial charge < -0.3 is 0 Å². The number of benzene rings is 2. The quantitative estimate of drug-likeness (QED) is 0.767. The molecular weight excluding hydrogens is 336 g/mol. The van der Waals surface area contributed by atoms with Crippen LogP contribution in [0.1, 0.15) is 11.1 Å². The van der Waals surface area contributed by atoms with E-state index in [1.165, 1.54) is 0 Å². The van der Waals surface area contributed by atoms with E-state index in [9.17, 15) is 8.42 Å². The molecule has 2 rings (SSSR count). The van der Waals surface area contributed by atoms with Crippen LogP contribution in [0.25, 0.3) is 0 Å². The van der Waals surface area contributed by atoms with Crippen molar-refractivity contribution in [3.8, 4) is 0 Å². The summed E-state index contributed by atoms with van der Waals surface area (Å²) in [4.78, 5) is 0.303. The van der Waals surface area contributed by atoms with Crippen molar-refractivity contribution >= 4 is 25.8 Å². The Hall–Kier alpha value is -1.13. The van der Waals surface area contributed by atoms with Crippen LogP contribution in [0, 0.1) is 6.92 Å². The first-order valence-electron chi connectivity index (χ1n) is 6.45. The zero-order valence-corrected chi connectivity index (χ0v) is 13.7. The van der Waals surface area contributed by atoms with E-state index in [0.717, 1.165) is 11.1 Å². The molecule has 0 radical (unpaired) electrons. The van der Waals surface area contributed by atoms with Crippen molar-refractivity contribution in [2.75, 3.05) is 5.75 Å². The molecule has 2 aromatic rings. The Labute approximate surface area is 128 Å². The minimum Gasteiger partial charge on any atom is -0.224 e. The van der Waals surface area contributed by atoms with E-state index >= 15 is 0 Å². The fraction of sp³-hybridized carbons (Fsp3) is 0.250. The van der Waals surface area contributed by atoms with Crippen LogP contribution in [0.4, 0.5) is 0 Å².